The average Bonchev–Trinajstić information content (AvgIpc) is 2.68. The molecule has 0 radical (unpaired) electrons. The van der Waals surface area contributed by atoms with Crippen LogP contribution in [0.3, 0.4) is 0 Å². The van der Waals surface area contributed by atoms with Crippen LogP contribution in [0.25, 0.3) is 5.65 Å². The number of hydrogen-bond donors (Lipinski definition) is 1. The van der Waals surface area contributed by atoms with E-state index in [1.54, 1.807) is 0 Å². The second kappa shape index (κ2) is 4.79. The molecule has 16 heavy (non-hydrogen) atoms. The van der Waals surface area contributed by atoms with Gasteiger partial charge in [-0.25, -0.2) is 4.98 Å². The Labute approximate surface area is 94.3 Å². The predicted molar refractivity (Wildman–Crippen MR) is 63.3 cm³/mol. The summed E-state index contributed by atoms with van der Waals surface area (Å²) in [4.78, 5) is 15.8. The zero-order chi connectivity index (χ0) is 11.4. The van der Waals surface area contributed by atoms with Crippen LogP contribution in [0.1, 0.15) is 26.2 Å². The maximum atomic E-state index is 11.5. The van der Waals surface area contributed by atoms with E-state index in [1.165, 1.54) is 0 Å². The lowest BCUT2D eigenvalue weighted by Gasteiger charge is -1.99. The topological polar surface area (TPSA) is 46.4 Å². The highest BCUT2D eigenvalue weighted by molar-refractivity contribution is 5.89. The fraction of sp³-hybridized carbons (Fsp3) is 0.333. The molecule has 0 fully saturated rings. The number of aromatic nitrogens is 2. The first-order valence-electron chi connectivity index (χ1n) is 5.53. The molecule has 0 aromatic carbocycles. The number of imidazole rings is 1. The molecule has 2 aromatic heterocycles. The summed E-state index contributed by atoms with van der Waals surface area (Å²) in [6.07, 6.45) is 6.23. The van der Waals surface area contributed by atoms with E-state index in [4.69, 9.17) is 0 Å². The highest BCUT2D eigenvalue weighted by Crippen LogP contribution is 2.09. The molecule has 4 nitrogen and oxygen atoms in total. The first-order valence-corrected chi connectivity index (χ1v) is 5.53. The predicted octanol–water partition coefficient (Wildman–Crippen LogP) is 2.46. The fourth-order valence-corrected chi connectivity index (χ4v) is 1.54. The Kier molecular flexibility index (Phi) is 3.19. The summed E-state index contributed by atoms with van der Waals surface area (Å²) in [6.45, 7) is 2.07. The molecule has 2 rings (SSSR count). The van der Waals surface area contributed by atoms with E-state index in [9.17, 15) is 4.79 Å². The zero-order valence-electron chi connectivity index (χ0n) is 9.31. The maximum Gasteiger partial charge on any atom is 0.225 e. The Morgan fingerprint density at radius 1 is 1.50 bits per heavy atom. The van der Waals surface area contributed by atoms with Gasteiger partial charge in [0.15, 0.2) is 5.82 Å². The molecular weight excluding hydrogens is 202 g/mol. The molecule has 0 saturated carbocycles. The quantitative estimate of drug-likeness (QED) is 0.855. The molecule has 2 heterocycles. The summed E-state index contributed by atoms with van der Waals surface area (Å²) in [5.41, 5.74) is 0.841. The number of pyridine rings is 1. The molecule has 0 aliphatic heterocycles. The number of fused-ring (bicyclic) bond motifs is 1. The van der Waals surface area contributed by atoms with Crippen LogP contribution in [-0.4, -0.2) is 15.3 Å². The van der Waals surface area contributed by atoms with Crippen LogP contribution in [0, 0.1) is 0 Å². The van der Waals surface area contributed by atoms with E-state index < -0.39 is 0 Å². The zero-order valence-corrected chi connectivity index (χ0v) is 9.31. The van der Waals surface area contributed by atoms with Gasteiger partial charge in [-0.05, 0) is 18.6 Å². The molecule has 0 saturated heterocycles. The van der Waals surface area contributed by atoms with Gasteiger partial charge in [0.1, 0.15) is 5.65 Å². The normalized spacial score (nSPS) is 10.6. The molecule has 0 spiro atoms. The van der Waals surface area contributed by atoms with Gasteiger partial charge in [0.05, 0.1) is 6.20 Å². The molecule has 84 valence electrons. The van der Waals surface area contributed by atoms with Crippen molar-refractivity contribution in [3.05, 3.63) is 30.6 Å². The average molecular weight is 217 g/mol. The van der Waals surface area contributed by atoms with Crippen LogP contribution < -0.4 is 5.32 Å². The number of carbonyl (C=O) groups excluding carboxylic acids is 1. The summed E-state index contributed by atoms with van der Waals surface area (Å²) in [5, 5.41) is 2.80. The third-order valence-corrected chi connectivity index (χ3v) is 2.39. The van der Waals surface area contributed by atoms with Crippen molar-refractivity contribution in [1.29, 1.82) is 0 Å². The van der Waals surface area contributed by atoms with Crippen molar-refractivity contribution in [2.45, 2.75) is 26.2 Å². The summed E-state index contributed by atoms with van der Waals surface area (Å²) < 4.78 is 1.88. The molecule has 4 heteroatoms. The van der Waals surface area contributed by atoms with Crippen LogP contribution in [0.4, 0.5) is 5.82 Å². The van der Waals surface area contributed by atoms with E-state index in [1.807, 2.05) is 35.0 Å². The highest BCUT2D eigenvalue weighted by atomic mass is 16.1. The lowest BCUT2D eigenvalue weighted by atomic mass is 10.2. The molecular formula is C12H15N3O. The van der Waals surface area contributed by atoms with Gasteiger partial charge in [-0.2, -0.15) is 0 Å². The lowest BCUT2D eigenvalue weighted by Crippen LogP contribution is -2.10. The summed E-state index contributed by atoms with van der Waals surface area (Å²) in [5.74, 6) is 0.651. The number of hydrogen-bond acceptors (Lipinski definition) is 2. The van der Waals surface area contributed by atoms with Crippen molar-refractivity contribution in [1.82, 2.24) is 9.38 Å². The molecule has 1 N–H and O–H groups in total. The number of nitrogens with one attached hydrogen (secondary N) is 1. The second-order valence-electron chi connectivity index (χ2n) is 3.74. The number of carbonyl (C=O) groups is 1. The number of nitrogens with zero attached hydrogens (tertiary/aromatic N) is 2. The number of unbranched alkanes of at least 4 members (excludes halogenated alkanes) is 1. The smallest absolute Gasteiger partial charge is 0.225 e. The molecule has 0 bridgehead atoms. The minimum Gasteiger partial charge on any atom is -0.309 e. The number of rotatable bonds is 4. The van der Waals surface area contributed by atoms with Crippen molar-refractivity contribution in [2.24, 2.45) is 0 Å². The minimum atomic E-state index is 0.0326. The molecule has 2 aromatic rings. The largest absolute Gasteiger partial charge is 0.309 e. The van der Waals surface area contributed by atoms with Crippen LogP contribution in [0.2, 0.25) is 0 Å². The molecule has 0 aliphatic rings. The molecule has 0 unspecified atom stereocenters. The van der Waals surface area contributed by atoms with Gasteiger partial charge in [0.25, 0.3) is 0 Å². The van der Waals surface area contributed by atoms with E-state index in [0.717, 1.165) is 18.5 Å². The van der Waals surface area contributed by atoms with E-state index in [2.05, 4.69) is 17.2 Å². The monoisotopic (exact) mass is 217 g/mol. The summed E-state index contributed by atoms with van der Waals surface area (Å²) >= 11 is 0. The van der Waals surface area contributed by atoms with E-state index in [-0.39, 0.29) is 5.91 Å². The SMILES string of the molecule is CCCCC(=O)Nc1cn2ccccc2n1. The van der Waals surface area contributed by atoms with Crippen LogP contribution in [-0.2, 0) is 4.79 Å². The summed E-state index contributed by atoms with van der Waals surface area (Å²) in [6, 6.07) is 5.75. The third-order valence-electron chi connectivity index (χ3n) is 2.39. The first-order chi connectivity index (χ1) is 7.79. The van der Waals surface area contributed by atoms with Gasteiger partial charge in [0, 0.05) is 12.6 Å². The van der Waals surface area contributed by atoms with E-state index >= 15 is 0 Å². The Bertz CT molecular complexity index is 457. The Morgan fingerprint density at radius 2 is 2.38 bits per heavy atom. The van der Waals surface area contributed by atoms with Crippen LogP contribution in [0.5, 0.6) is 0 Å². The summed E-state index contributed by atoms with van der Waals surface area (Å²) in [7, 11) is 0. The van der Waals surface area contributed by atoms with Gasteiger partial charge in [-0.3, -0.25) is 4.79 Å². The third kappa shape index (κ3) is 2.39. The highest BCUT2D eigenvalue weighted by Gasteiger charge is 2.04. The van der Waals surface area contributed by atoms with Gasteiger partial charge in [-0.1, -0.05) is 19.4 Å². The van der Waals surface area contributed by atoms with Crippen molar-refractivity contribution in [3.8, 4) is 0 Å². The standard InChI is InChI=1S/C12H15N3O/c1-2-3-7-12(16)14-10-9-15-8-5-4-6-11(15)13-10/h4-6,8-9H,2-3,7H2,1H3,(H,14,16). The second-order valence-corrected chi connectivity index (χ2v) is 3.74. The Hall–Kier alpha value is -1.84. The van der Waals surface area contributed by atoms with Gasteiger partial charge >= 0.3 is 0 Å². The van der Waals surface area contributed by atoms with Crippen molar-refractivity contribution < 1.29 is 4.79 Å². The lowest BCUT2D eigenvalue weighted by molar-refractivity contribution is -0.116. The van der Waals surface area contributed by atoms with Gasteiger partial charge < -0.3 is 9.72 Å². The number of amides is 1. The Balaban J connectivity index is 2.07. The van der Waals surface area contributed by atoms with Crippen molar-refractivity contribution >= 4 is 17.4 Å². The minimum absolute atomic E-state index is 0.0326. The van der Waals surface area contributed by atoms with E-state index in [0.29, 0.717) is 12.2 Å². The van der Waals surface area contributed by atoms with Gasteiger partial charge in [0.2, 0.25) is 5.91 Å². The van der Waals surface area contributed by atoms with Gasteiger partial charge in [-0.15, -0.1) is 0 Å². The van der Waals surface area contributed by atoms with Crippen molar-refractivity contribution in [3.63, 3.8) is 0 Å². The first kappa shape index (κ1) is 10.7. The Morgan fingerprint density at radius 3 is 3.12 bits per heavy atom. The number of anilines is 1. The van der Waals surface area contributed by atoms with Crippen LogP contribution in [0.15, 0.2) is 30.6 Å². The van der Waals surface area contributed by atoms with Crippen molar-refractivity contribution in [2.75, 3.05) is 5.32 Å². The fourth-order valence-electron chi connectivity index (χ4n) is 1.54. The molecule has 0 atom stereocenters. The molecule has 0 aliphatic carbocycles. The molecule has 1 amide bonds. The maximum absolute atomic E-state index is 11.5. The van der Waals surface area contributed by atoms with Crippen LogP contribution >= 0.6 is 0 Å².